The van der Waals surface area contributed by atoms with Crippen molar-refractivity contribution in [2.24, 2.45) is 12.8 Å². The van der Waals surface area contributed by atoms with Crippen LogP contribution in [0.2, 0.25) is 0 Å². The second kappa shape index (κ2) is 5.41. The molecule has 0 bridgehead atoms. The maximum absolute atomic E-state index is 6.57. The molecule has 1 atom stereocenters. The van der Waals surface area contributed by atoms with E-state index in [2.05, 4.69) is 41.6 Å². The van der Waals surface area contributed by atoms with Gasteiger partial charge >= 0.3 is 0 Å². The maximum Gasteiger partial charge on any atom is 0.0521 e. The lowest BCUT2D eigenvalue weighted by Gasteiger charge is -2.47. The molecule has 0 spiro atoms. The van der Waals surface area contributed by atoms with E-state index in [-0.39, 0.29) is 11.5 Å². The normalized spacial score (nSPS) is 18.5. The van der Waals surface area contributed by atoms with Crippen molar-refractivity contribution < 1.29 is 0 Å². The molecule has 20 heavy (non-hydrogen) atoms. The van der Waals surface area contributed by atoms with E-state index in [9.17, 15) is 0 Å². The van der Waals surface area contributed by atoms with Crippen molar-refractivity contribution in [2.75, 3.05) is 0 Å². The smallest absolute Gasteiger partial charge is 0.0521 e. The lowest BCUT2D eigenvalue weighted by molar-refractivity contribution is 0.188. The van der Waals surface area contributed by atoms with Crippen molar-refractivity contribution in [1.82, 2.24) is 9.78 Å². The fourth-order valence-corrected chi connectivity index (χ4v) is 3.40. The molecule has 3 rings (SSSR count). The van der Waals surface area contributed by atoms with Crippen LogP contribution in [0.1, 0.15) is 36.8 Å². The van der Waals surface area contributed by atoms with Gasteiger partial charge in [-0.2, -0.15) is 5.10 Å². The SMILES string of the molecule is Cn1cc(CCC(N)C2(c3ccccc3)CCC2)cn1. The van der Waals surface area contributed by atoms with Crippen LogP contribution in [0.15, 0.2) is 42.7 Å². The van der Waals surface area contributed by atoms with Gasteiger partial charge in [0, 0.05) is 24.7 Å². The lowest BCUT2D eigenvalue weighted by atomic mass is 9.59. The van der Waals surface area contributed by atoms with Crippen molar-refractivity contribution in [3.05, 3.63) is 53.9 Å². The summed E-state index contributed by atoms with van der Waals surface area (Å²) in [4.78, 5) is 0. The van der Waals surface area contributed by atoms with E-state index in [1.807, 2.05) is 17.9 Å². The quantitative estimate of drug-likeness (QED) is 0.907. The first kappa shape index (κ1) is 13.4. The van der Waals surface area contributed by atoms with E-state index < -0.39 is 0 Å². The molecule has 1 saturated carbocycles. The first-order valence-electron chi connectivity index (χ1n) is 7.49. The standard InChI is InChI=1S/C17H23N3/c1-20-13-14(12-19-20)8-9-16(18)17(10-5-11-17)15-6-3-2-4-7-15/h2-4,6-7,12-13,16H,5,8-11,18H2,1H3. The molecule has 0 saturated heterocycles. The van der Waals surface area contributed by atoms with Gasteiger partial charge in [0.05, 0.1) is 6.20 Å². The first-order chi connectivity index (χ1) is 9.71. The Kier molecular flexibility index (Phi) is 3.62. The highest BCUT2D eigenvalue weighted by Gasteiger charge is 2.43. The van der Waals surface area contributed by atoms with Gasteiger partial charge in [-0.05, 0) is 36.8 Å². The second-order valence-electron chi connectivity index (χ2n) is 6.04. The summed E-state index contributed by atoms with van der Waals surface area (Å²) >= 11 is 0. The van der Waals surface area contributed by atoms with Crippen LogP contribution in [-0.4, -0.2) is 15.8 Å². The lowest BCUT2D eigenvalue weighted by Crippen LogP contribution is -2.50. The highest BCUT2D eigenvalue weighted by atomic mass is 15.2. The van der Waals surface area contributed by atoms with E-state index in [0.717, 1.165) is 12.8 Å². The second-order valence-corrected chi connectivity index (χ2v) is 6.04. The third kappa shape index (κ3) is 2.38. The molecule has 1 aliphatic carbocycles. The number of hydrogen-bond donors (Lipinski definition) is 1. The average Bonchev–Trinajstić information content (AvgIpc) is 2.82. The van der Waals surface area contributed by atoms with Gasteiger partial charge in [-0.15, -0.1) is 0 Å². The summed E-state index contributed by atoms with van der Waals surface area (Å²) in [7, 11) is 1.96. The van der Waals surface area contributed by atoms with Gasteiger partial charge in [0.25, 0.3) is 0 Å². The van der Waals surface area contributed by atoms with Crippen molar-refractivity contribution in [1.29, 1.82) is 0 Å². The number of aromatic nitrogens is 2. The van der Waals surface area contributed by atoms with E-state index in [1.54, 1.807) is 0 Å². The minimum absolute atomic E-state index is 0.212. The molecule has 0 radical (unpaired) electrons. The highest BCUT2D eigenvalue weighted by Crippen LogP contribution is 2.46. The Morgan fingerprint density at radius 3 is 2.60 bits per heavy atom. The van der Waals surface area contributed by atoms with Crippen LogP contribution in [0.4, 0.5) is 0 Å². The Labute approximate surface area is 120 Å². The van der Waals surface area contributed by atoms with E-state index >= 15 is 0 Å². The average molecular weight is 269 g/mol. The van der Waals surface area contributed by atoms with Gasteiger partial charge in [-0.25, -0.2) is 0 Å². The highest BCUT2D eigenvalue weighted by molar-refractivity contribution is 5.30. The number of nitrogens with zero attached hydrogens (tertiary/aromatic N) is 2. The number of nitrogens with two attached hydrogens (primary N) is 1. The largest absolute Gasteiger partial charge is 0.327 e. The topological polar surface area (TPSA) is 43.8 Å². The molecule has 1 fully saturated rings. The predicted octanol–water partition coefficient (Wildman–Crippen LogP) is 2.80. The molecular weight excluding hydrogens is 246 g/mol. The minimum atomic E-state index is 0.212. The first-order valence-corrected chi connectivity index (χ1v) is 7.49. The van der Waals surface area contributed by atoms with Crippen LogP contribution < -0.4 is 5.73 Å². The van der Waals surface area contributed by atoms with Gasteiger partial charge in [0.15, 0.2) is 0 Å². The zero-order valence-electron chi connectivity index (χ0n) is 12.1. The zero-order chi connectivity index (χ0) is 14.0. The summed E-state index contributed by atoms with van der Waals surface area (Å²) in [6, 6.07) is 11.1. The number of rotatable bonds is 5. The molecule has 106 valence electrons. The molecule has 2 N–H and O–H groups in total. The van der Waals surface area contributed by atoms with Crippen molar-refractivity contribution in [2.45, 2.75) is 43.6 Å². The van der Waals surface area contributed by atoms with Gasteiger partial charge in [0.1, 0.15) is 0 Å². The van der Waals surface area contributed by atoms with Crippen LogP contribution >= 0.6 is 0 Å². The Morgan fingerprint density at radius 2 is 2.05 bits per heavy atom. The van der Waals surface area contributed by atoms with Crippen molar-refractivity contribution >= 4 is 0 Å². The van der Waals surface area contributed by atoms with Gasteiger partial charge < -0.3 is 5.73 Å². The Hall–Kier alpha value is -1.61. The van der Waals surface area contributed by atoms with Crippen LogP contribution in [0.5, 0.6) is 0 Å². The molecule has 3 nitrogen and oxygen atoms in total. The number of hydrogen-bond acceptors (Lipinski definition) is 2. The van der Waals surface area contributed by atoms with E-state index in [0.29, 0.717) is 0 Å². The molecule has 1 unspecified atom stereocenters. The summed E-state index contributed by atoms with van der Waals surface area (Å²) in [6.07, 6.45) is 9.83. The Balaban J connectivity index is 1.70. The summed E-state index contributed by atoms with van der Waals surface area (Å²) < 4.78 is 1.86. The predicted molar refractivity (Wildman–Crippen MR) is 81.5 cm³/mol. The molecule has 1 aromatic carbocycles. The van der Waals surface area contributed by atoms with Crippen LogP contribution in [-0.2, 0) is 18.9 Å². The molecule has 2 aromatic rings. The molecule has 1 aromatic heterocycles. The minimum Gasteiger partial charge on any atom is -0.327 e. The van der Waals surface area contributed by atoms with Gasteiger partial charge in [-0.1, -0.05) is 36.8 Å². The van der Waals surface area contributed by atoms with Crippen molar-refractivity contribution in [3.8, 4) is 0 Å². The molecule has 3 heteroatoms. The third-order valence-electron chi connectivity index (χ3n) is 4.81. The van der Waals surface area contributed by atoms with E-state index in [4.69, 9.17) is 5.73 Å². The summed E-state index contributed by atoms with van der Waals surface area (Å²) in [5.41, 5.74) is 9.49. The van der Waals surface area contributed by atoms with Gasteiger partial charge in [-0.3, -0.25) is 4.68 Å². The maximum atomic E-state index is 6.57. The Bertz CT molecular complexity index is 555. The number of benzene rings is 1. The zero-order valence-corrected chi connectivity index (χ0v) is 12.1. The molecular formula is C17H23N3. The molecule has 1 aliphatic rings. The van der Waals surface area contributed by atoms with Crippen LogP contribution in [0.25, 0.3) is 0 Å². The van der Waals surface area contributed by atoms with Crippen LogP contribution in [0, 0.1) is 0 Å². The summed E-state index contributed by atoms with van der Waals surface area (Å²) in [6.45, 7) is 0. The Morgan fingerprint density at radius 1 is 1.30 bits per heavy atom. The molecule has 1 heterocycles. The third-order valence-corrected chi connectivity index (χ3v) is 4.81. The van der Waals surface area contributed by atoms with E-state index in [1.165, 1.54) is 30.4 Å². The van der Waals surface area contributed by atoms with Crippen molar-refractivity contribution in [3.63, 3.8) is 0 Å². The summed E-state index contributed by atoms with van der Waals surface area (Å²) in [5, 5.41) is 4.22. The fourth-order valence-electron chi connectivity index (χ4n) is 3.40. The fraction of sp³-hybridized carbons (Fsp3) is 0.471. The molecule has 0 amide bonds. The van der Waals surface area contributed by atoms with Gasteiger partial charge in [0.2, 0.25) is 0 Å². The number of aryl methyl sites for hydroxylation is 2. The monoisotopic (exact) mass is 269 g/mol. The van der Waals surface area contributed by atoms with Crippen LogP contribution in [0.3, 0.4) is 0 Å². The summed E-state index contributed by atoms with van der Waals surface area (Å²) in [5.74, 6) is 0. The molecule has 0 aliphatic heterocycles.